The molecule has 152 valence electrons. The van der Waals surface area contributed by atoms with Crippen LogP contribution >= 0.6 is 0 Å². The molecule has 0 spiro atoms. The summed E-state index contributed by atoms with van der Waals surface area (Å²) in [6.07, 6.45) is 0. The molecule has 1 atom stereocenters. The summed E-state index contributed by atoms with van der Waals surface area (Å²) in [6, 6.07) is 13.5. The number of hydrogen-bond donors (Lipinski definition) is 4. The smallest absolute Gasteiger partial charge is 0.256 e. The fourth-order valence-electron chi connectivity index (χ4n) is 2.87. The van der Waals surface area contributed by atoms with E-state index in [-0.39, 0.29) is 5.91 Å². The molecule has 7 heteroatoms. The standard InChI is InChI=1S/C22H28N6O/c1-13(2)15(4)24-19-7-5-6-18(14(19)3)22(29)25-17-10-8-16(9-11-17)21-26-20(12-23)27-28-21/h5-11,13,15,24H,12,23H2,1-4H3,(H,25,29)(H,26,27,28). The van der Waals surface area contributed by atoms with Gasteiger partial charge in [-0.3, -0.25) is 9.89 Å². The molecule has 0 fully saturated rings. The first-order valence-corrected chi connectivity index (χ1v) is 9.78. The monoisotopic (exact) mass is 392 g/mol. The van der Waals surface area contributed by atoms with Crippen LogP contribution in [-0.2, 0) is 6.54 Å². The Morgan fingerprint density at radius 3 is 2.48 bits per heavy atom. The van der Waals surface area contributed by atoms with E-state index in [9.17, 15) is 4.79 Å². The Kier molecular flexibility index (Phi) is 6.29. The van der Waals surface area contributed by atoms with E-state index in [1.165, 1.54) is 0 Å². The topological polar surface area (TPSA) is 109 Å². The van der Waals surface area contributed by atoms with E-state index in [1.807, 2.05) is 49.4 Å². The maximum atomic E-state index is 12.8. The number of H-pyrrole nitrogens is 1. The van der Waals surface area contributed by atoms with E-state index >= 15 is 0 Å². The Morgan fingerprint density at radius 1 is 1.14 bits per heavy atom. The molecule has 7 nitrogen and oxygen atoms in total. The number of carbonyl (C=O) groups is 1. The third-order valence-electron chi connectivity index (χ3n) is 5.09. The summed E-state index contributed by atoms with van der Waals surface area (Å²) < 4.78 is 0. The Hall–Kier alpha value is -3.19. The average molecular weight is 393 g/mol. The van der Waals surface area contributed by atoms with Crippen LogP contribution in [0.1, 0.15) is 42.5 Å². The molecule has 0 saturated carbocycles. The van der Waals surface area contributed by atoms with Crippen molar-refractivity contribution in [1.82, 2.24) is 15.2 Å². The number of nitrogens with two attached hydrogens (primary N) is 1. The van der Waals surface area contributed by atoms with E-state index in [1.54, 1.807) is 0 Å². The molecular weight excluding hydrogens is 364 g/mol. The lowest BCUT2D eigenvalue weighted by Crippen LogP contribution is -2.23. The number of carbonyl (C=O) groups excluding carboxylic acids is 1. The summed E-state index contributed by atoms with van der Waals surface area (Å²) >= 11 is 0. The minimum Gasteiger partial charge on any atom is -0.382 e. The predicted octanol–water partition coefficient (Wildman–Crippen LogP) is 3.95. The van der Waals surface area contributed by atoms with Crippen molar-refractivity contribution in [2.45, 2.75) is 40.3 Å². The average Bonchev–Trinajstić information content (AvgIpc) is 3.19. The number of aromatic nitrogens is 3. The fourth-order valence-corrected chi connectivity index (χ4v) is 2.87. The number of nitrogens with one attached hydrogen (secondary N) is 3. The first-order chi connectivity index (χ1) is 13.9. The molecule has 29 heavy (non-hydrogen) atoms. The Labute approximate surface area is 171 Å². The largest absolute Gasteiger partial charge is 0.382 e. The number of hydrogen-bond acceptors (Lipinski definition) is 5. The molecule has 0 aliphatic heterocycles. The van der Waals surface area contributed by atoms with Crippen LogP contribution in [0, 0.1) is 12.8 Å². The zero-order valence-electron chi connectivity index (χ0n) is 17.3. The summed E-state index contributed by atoms with van der Waals surface area (Å²) in [5.74, 6) is 1.57. The highest BCUT2D eigenvalue weighted by atomic mass is 16.1. The highest BCUT2D eigenvalue weighted by Gasteiger charge is 2.14. The minimum atomic E-state index is -0.139. The van der Waals surface area contributed by atoms with Crippen LogP contribution < -0.4 is 16.4 Å². The lowest BCUT2D eigenvalue weighted by molar-refractivity contribution is 0.102. The third-order valence-corrected chi connectivity index (χ3v) is 5.09. The third kappa shape index (κ3) is 4.81. The van der Waals surface area contributed by atoms with Crippen molar-refractivity contribution < 1.29 is 4.79 Å². The molecule has 3 aromatic rings. The molecular formula is C22H28N6O. The van der Waals surface area contributed by atoms with Crippen molar-refractivity contribution in [3.63, 3.8) is 0 Å². The number of nitrogens with zero attached hydrogens (tertiary/aromatic N) is 2. The SMILES string of the molecule is Cc1c(NC(C)C(C)C)cccc1C(=O)Nc1ccc(-c2n[nH]c(CN)n2)cc1. The number of aromatic amines is 1. The van der Waals surface area contributed by atoms with Gasteiger partial charge in [0.1, 0.15) is 5.82 Å². The van der Waals surface area contributed by atoms with Crippen molar-refractivity contribution in [2.75, 3.05) is 10.6 Å². The molecule has 0 bridgehead atoms. The highest BCUT2D eigenvalue weighted by molar-refractivity contribution is 6.06. The van der Waals surface area contributed by atoms with Crippen LogP contribution in [-0.4, -0.2) is 27.1 Å². The van der Waals surface area contributed by atoms with Gasteiger partial charge in [0.15, 0.2) is 5.82 Å². The van der Waals surface area contributed by atoms with Crippen LogP contribution in [0.2, 0.25) is 0 Å². The first-order valence-electron chi connectivity index (χ1n) is 9.78. The number of benzene rings is 2. The summed E-state index contributed by atoms with van der Waals surface area (Å²) in [6.45, 7) is 8.75. The van der Waals surface area contributed by atoms with E-state index in [2.05, 4.69) is 46.6 Å². The minimum absolute atomic E-state index is 0.139. The summed E-state index contributed by atoms with van der Waals surface area (Å²) in [5, 5.41) is 13.4. The van der Waals surface area contributed by atoms with Crippen LogP contribution in [0.25, 0.3) is 11.4 Å². The van der Waals surface area contributed by atoms with Crippen molar-refractivity contribution >= 4 is 17.3 Å². The molecule has 0 saturated heterocycles. The number of rotatable bonds is 7. The van der Waals surface area contributed by atoms with Crippen molar-refractivity contribution in [3.05, 3.63) is 59.4 Å². The van der Waals surface area contributed by atoms with E-state index in [0.717, 1.165) is 16.8 Å². The zero-order valence-corrected chi connectivity index (χ0v) is 17.3. The molecule has 2 aromatic carbocycles. The lowest BCUT2D eigenvalue weighted by Gasteiger charge is -2.21. The molecule has 1 amide bonds. The molecule has 1 unspecified atom stereocenters. The van der Waals surface area contributed by atoms with E-state index < -0.39 is 0 Å². The summed E-state index contributed by atoms with van der Waals surface area (Å²) in [5.41, 5.74) is 9.68. The van der Waals surface area contributed by atoms with Gasteiger partial charge >= 0.3 is 0 Å². The van der Waals surface area contributed by atoms with Crippen molar-refractivity contribution in [3.8, 4) is 11.4 Å². The van der Waals surface area contributed by atoms with Gasteiger partial charge in [-0.05, 0) is 61.7 Å². The second-order valence-corrected chi connectivity index (χ2v) is 7.50. The Bertz CT molecular complexity index is 977. The van der Waals surface area contributed by atoms with E-state index in [0.29, 0.717) is 41.4 Å². The van der Waals surface area contributed by atoms with Gasteiger partial charge in [0.25, 0.3) is 5.91 Å². The van der Waals surface area contributed by atoms with Gasteiger partial charge in [-0.15, -0.1) is 0 Å². The van der Waals surface area contributed by atoms with Crippen LogP contribution in [0.5, 0.6) is 0 Å². The van der Waals surface area contributed by atoms with Crippen molar-refractivity contribution in [1.29, 1.82) is 0 Å². The van der Waals surface area contributed by atoms with Crippen LogP contribution in [0.4, 0.5) is 11.4 Å². The van der Waals surface area contributed by atoms with Gasteiger partial charge < -0.3 is 16.4 Å². The normalized spacial score (nSPS) is 12.1. The zero-order chi connectivity index (χ0) is 21.0. The van der Waals surface area contributed by atoms with Gasteiger partial charge in [0.05, 0.1) is 6.54 Å². The fraction of sp³-hybridized carbons (Fsp3) is 0.318. The van der Waals surface area contributed by atoms with Gasteiger partial charge in [0.2, 0.25) is 0 Å². The van der Waals surface area contributed by atoms with E-state index in [4.69, 9.17) is 5.73 Å². The molecule has 0 radical (unpaired) electrons. The maximum Gasteiger partial charge on any atom is 0.256 e. The summed E-state index contributed by atoms with van der Waals surface area (Å²) in [4.78, 5) is 17.1. The molecule has 1 aromatic heterocycles. The van der Waals surface area contributed by atoms with Crippen molar-refractivity contribution in [2.24, 2.45) is 11.7 Å². The number of anilines is 2. The highest BCUT2D eigenvalue weighted by Crippen LogP contribution is 2.23. The molecule has 0 aliphatic rings. The molecule has 0 aliphatic carbocycles. The van der Waals surface area contributed by atoms with Gasteiger partial charge in [0, 0.05) is 28.5 Å². The molecule has 1 heterocycles. The van der Waals surface area contributed by atoms with Crippen LogP contribution in [0.3, 0.4) is 0 Å². The maximum absolute atomic E-state index is 12.8. The van der Waals surface area contributed by atoms with Gasteiger partial charge in [-0.1, -0.05) is 19.9 Å². The van der Waals surface area contributed by atoms with Gasteiger partial charge in [-0.25, -0.2) is 4.98 Å². The lowest BCUT2D eigenvalue weighted by atomic mass is 10.0. The first kappa shape index (κ1) is 20.5. The van der Waals surface area contributed by atoms with Gasteiger partial charge in [-0.2, -0.15) is 5.10 Å². The predicted molar refractivity (Wildman–Crippen MR) is 117 cm³/mol. The Morgan fingerprint density at radius 2 is 1.86 bits per heavy atom. The number of amides is 1. The quantitative estimate of drug-likeness (QED) is 0.487. The second kappa shape index (κ2) is 8.87. The second-order valence-electron chi connectivity index (χ2n) is 7.50. The van der Waals surface area contributed by atoms with Crippen LogP contribution in [0.15, 0.2) is 42.5 Å². The summed E-state index contributed by atoms with van der Waals surface area (Å²) in [7, 11) is 0. The molecule has 3 rings (SSSR count). The molecule has 5 N–H and O–H groups in total. The Balaban J connectivity index is 1.73.